The van der Waals surface area contributed by atoms with E-state index < -0.39 is 0 Å². The Kier molecular flexibility index (Phi) is 3.12. The molecule has 0 aliphatic carbocycles. The molecule has 0 spiro atoms. The SMILES string of the molecule is COC(=O)c1ccccc1-c1cccc2nc(N)sc12. The third-order valence-electron chi connectivity index (χ3n) is 3.05. The zero-order chi connectivity index (χ0) is 14.1. The van der Waals surface area contributed by atoms with Gasteiger partial charge in [0.15, 0.2) is 5.13 Å². The van der Waals surface area contributed by atoms with E-state index in [-0.39, 0.29) is 5.97 Å². The van der Waals surface area contributed by atoms with Gasteiger partial charge in [-0.25, -0.2) is 9.78 Å². The standard InChI is InChI=1S/C15H12N2O2S/c1-19-14(18)11-6-3-2-5-9(11)10-7-4-8-12-13(10)20-15(16)17-12/h2-8H,1H3,(H2,16,17). The molecule has 5 heteroatoms. The minimum absolute atomic E-state index is 0.352. The number of hydrogen-bond acceptors (Lipinski definition) is 5. The van der Waals surface area contributed by atoms with E-state index in [0.717, 1.165) is 21.3 Å². The van der Waals surface area contributed by atoms with Crippen molar-refractivity contribution in [3.63, 3.8) is 0 Å². The summed E-state index contributed by atoms with van der Waals surface area (Å²) in [5.74, 6) is -0.352. The van der Waals surface area contributed by atoms with Crippen molar-refractivity contribution in [3.8, 4) is 11.1 Å². The summed E-state index contributed by atoms with van der Waals surface area (Å²) in [6.45, 7) is 0. The minimum atomic E-state index is -0.352. The number of ether oxygens (including phenoxy) is 1. The van der Waals surface area contributed by atoms with Crippen molar-refractivity contribution in [2.45, 2.75) is 0 Å². The summed E-state index contributed by atoms with van der Waals surface area (Å²) in [4.78, 5) is 16.2. The van der Waals surface area contributed by atoms with E-state index in [1.165, 1.54) is 18.4 Å². The number of thiazole rings is 1. The number of methoxy groups -OCH3 is 1. The lowest BCUT2D eigenvalue weighted by molar-refractivity contribution is 0.0601. The Balaban J connectivity index is 2.28. The summed E-state index contributed by atoms with van der Waals surface area (Å²) < 4.78 is 5.81. The summed E-state index contributed by atoms with van der Waals surface area (Å²) in [7, 11) is 1.38. The first-order chi connectivity index (χ1) is 9.70. The van der Waals surface area contributed by atoms with Crippen LogP contribution in [0.1, 0.15) is 10.4 Å². The Bertz CT molecular complexity index is 795. The highest BCUT2D eigenvalue weighted by atomic mass is 32.1. The van der Waals surface area contributed by atoms with Crippen LogP contribution in [-0.2, 0) is 4.74 Å². The number of benzene rings is 2. The van der Waals surface area contributed by atoms with Crippen LogP contribution in [0.25, 0.3) is 21.3 Å². The quantitative estimate of drug-likeness (QED) is 0.733. The van der Waals surface area contributed by atoms with Gasteiger partial charge < -0.3 is 10.5 Å². The molecule has 2 N–H and O–H groups in total. The molecule has 2 aromatic carbocycles. The van der Waals surface area contributed by atoms with Crippen LogP contribution in [0.4, 0.5) is 5.13 Å². The molecule has 0 fully saturated rings. The number of rotatable bonds is 2. The van der Waals surface area contributed by atoms with Crippen LogP contribution >= 0.6 is 11.3 Å². The highest BCUT2D eigenvalue weighted by molar-refractivity contribution is 7.22. The van der Waals surface area contributed by atoms with Crippen molar-refractivity contribution in [1.82, 2.24) is 4.98 Å². The number of hydrogen-bond donors (Lipinski definition) is 1. The lowest BCUT2D eigenvalue weighted by Gasteiger charge is -2.08. The Morgan fingerprint density at radius 3 is 2.70 bits per heavy atom. The van der Waals surface area contributed by atoms with Crippen molar-refractivity contribution in [2.75, 3.05) is 12.8 Å². The zero-order valence-electron chi connectivity index (χ0n) is 10.8. The highest BCUT2D eigenvalue weighted by Gasteiger charge is 2.15. The molecular weight excluding hydrogens is 272 g/mol. The van der Waals surface area contributed by atoms with Crippen LogP contribution in [0.2, 0.25) is 0 Å². The molecule has 100 valence electrons. The van der Waals surface area contributed by atoms with E-state index in [9.17, 15) is 4.79 Å². The second-order valence-electron chi connectivity index (χ2n) is 4.24. The molecule has 1 aromatic heterocycles. The van der Waals surface area contributed by atoms with Gasteiger partial charge in [-0.15, -0.1) is 0 Å². The average molecular weight is 284 g/mol. The second kappa shape index (κ2) is 4.94. The molecule has 0 aliphatic rings. The molecule has 0 amide bonds. The number of carbonyl (C=O) groups excluding carboxylic acids is 1. The monoisotopic (exact) mass is 284 g/mol. The minimum Gasteiger partial charge on any atom is -0.465 e. The number of fused-ring (bicyclic) bond motifs is 1. The molecule has 1 heterocycles. The highest BCUT2D eigenvalue weighted by Crippen LogP contribution is 2.35. The summed E-state index contributed by atoms with van der Waals surface area (Å²) in [6.07, 6.45) is 0. The van der Waals surface area contributed by atoms with Gasteiger partial charge in [-0.3, -0.25) is 0 Å². The molecule has 3 rings (SSSR count). The molecule has 0 aliphatic heterocycles. The van der Waals surface area contributed by atoms with Crippen molar-refractivity contribution in [1.29, 1.82) is 0 Å². The fourth-order valence-corrected chi connectivity index (χ4v) is 3.04. The van der Waals surface area contributed by atoms with E-state index in [1.807, 2.05) is 36.4 Å². The van der Waals surface area contributed by atoms with Gasteiger partial charge in [0.05, 0.1) is 22.9 Å². The van der Waals surface area contributed by atoms with Crippen molar-refractivity contribution in [2.24, 2.45) is 0 Å². The summed E-state index contributed by atoms with van der Waals surface area (Å²) in [6, 6.07) is 13.1. The third-order valence-corrected chi connectivity index (χ3v) is 3.99. The number of carbonyl (C=O) groups is 1. The Labute approximate surface area is 119 Å². The van der Waals surface area contributed by atoms with Gasteiger partial charge >= 0.3 is 5.97 Å². The fraction of sp³-hybridized carbons (Fsp3) is 0.0667. The van der Waals surface area contributed by atoms with Gasteiger partial charge in [0.2, 0.25) is 0 Å². The molecule has 0 radical (unpaired) electrons. The molecule has 0 saturated carbocycles. The predicted octanol–water partition coefficient (Wildman–Crippen LogP) is 3.33. The zero-order valence-corrected chi connectivity index (χ0v) is 11.6. The van der Waals surface area contributed by atoms with Crippen LogP contribution in [0.15, 0.2) is 42.5 Å². The van der Waals surface area contributed by atoms with E-state index in [2.05, 4.69) is 4.98 Å². The van der Waals surface area contributed by atoms with Crippen LogP contribution in [0.3, 0.4) is 0 Å². The second-order valence-corrected chi connectivity index (χ2v) is 5.27. The van der Waals surface area contributed by atoms with E-state index in [0.29, 0.717) is 10.7 Å². The van der Waals surface area contributed by atoms with E-state index in [4.69, 9.17) is 10.5 Å². The van der Waals surface area contributed by atoms with Gasteiger partial charge in [0.1, 0.15) is 0 Å². The molecular formula is C15H12N2O2S. The maximum Gasteiger partial charge on any atom is 0.338 e. The summed E-state index contributed by atoms with van der Waals surface area (Å²) in [5, 5.41) is 0.517. The van der Waals surface area contributed by atoms with E-state index >= 15 is 0 Å². The lowest BCUT2D eigenvalue weighted by Crippen LogP contribution is -2.03. The van der Waals surface area contributed by atoms with Crippen LogP contribution < -0.4 is 5.73 Å². The number of nitrogens with zero attached hydrogens (tertiary/aromatic N) is 1. The molecule has 0 bridgehead atoms. The number of nitrogens with two attached hydrogens (primary N) is 1. The lowest BCUT2D eigenvalue weighted by atomic mass is 9.99. The van der Waals surface area contributed by atoms with Crippen LogP contribution in [0, 0.1) is 0 Å². The third kappa shape index (κ3) is 2.02. The molecule has 20 heavy (non-hydrogen) atoms. The largest absolute Gasteiger partial charge is 0.465 e. The molecule has 0 saturated heterocycles. The Morgan fingerprint density at radius 2 is 1.90 bits per heavy atom. The van der Waals surface area contributed by atoms with E-state index in [1.54, 1.807) is 6.07 Å². The molecule has 0 atom stereocenters. The van der Waals surface area contributed by atoms with Crippen LogP contribution in [0.5, 0.6) is 0 Å². The average Bonchev–Trinajstić information content (AvgIpc) is 2.86. The van der Waals surface area contributed by atoms with Crippen LogP contribution in [-0.4, -0.2) is 18.1 Å². The van der Waals surface area contributed by atoms with Crippen molar-refractivity contribution < 1.29 is 9.53 Å². The maximum atomic E-state index is 11.9. The molecule has 0 unspecified atom stereocenters. The first kappa shape index (κ1) is 12.6. The Morgan fingerprint density at radius 1 is 1.15 bits per heavy atom. The smallest absolute Gasteiger partial charge is 0.338 e. The number of aromatic nitrogens is 1. The topological polar surface area (TPSA) is 65.2 Å². The van der Waals surface area contributed by atoms with Gasteiger partial charge in [-0.1, -0.05) is 41.7 Å². The first-order valence-electron chi connectivity index (χ1n) is 6.03. The first-order valence-corrected chi connectivity index (χ1v) is 6.85. The number of esters is 1. The van der Waals surface area contributed by atoms with Gasteiger partial charge in [-0.05, 0) is 17.7 Å². The van der Waals surface area contributed by atoms with Crippen molar-refractivity contribution in [3.05, 3.63) is 48.0 Å². The normalized spacial score (nSPS) is 10.7. The number of anilines is 1. The summed E-state index contributed by atoms with van der Waals surface area (Å²) in [5.41, 5.74) is 8.92. The molecule has 3 aromatic rings. The van der Waals surface area contributed by atoms with Gasteiger partial charge in [-0.2, -0.15) is 0 Å². The Hall–Kier alpha value is -2.40. The molecule has 4 nitrogen and oxygen atoms in total. The van der Waals surface area contributed by atoms with Crippen molar-refractivity contribution >= 4 is 32.7 Å². The predicted molar refractivity (Wildman–Crippen MR) is 80.8 cm³/mol. The fourth-order valence-electron chi connectivity index (χ4n) is 2.18. The van der Waals surface area contributed by atoms with Gasteiger partial charge in [0.25, 0.3) is 0 Å². The number of nitrogen functional groups attached to an aromatic ring is 1. The maximum absolute atomic E-state index is 11.9. The van der Waals surface area contributed by atoms with Gasteiger partial charge in [0, 0.05) is 5.56 Å². The summed E-state index contributed by atoms with van der Waals surface area (Å²) >= 11 is 1.42.